The summed E-state index contributed by atoms with van der Waals surface area (Å²) in [5.41, 5.74) is 1.68. The van der Waals surface area contributed by atoms with Gasteiger partial charge in [0.15, 0.2) is 0 Å². The number of hydrogen-bond acceptors (Lipinski definition) is 4. The lowest BCUT2D eigenvalue weighted by molar-refractivity contribution is -0.120. The van der Waals surface area contributed by atoms with Crippen LogP contribution >= 0.6 is 34.4 Å². The molecule has 0 bridgehead atoms. The molecule has 26 heavy (non-hydrogen) atoms. The van der Waals surface area contributed by atoms with Gasteiger partial charge in [0.25, 0.3) is 5.91 Å². The molecule has 0 heterocycles. The van der Waals surface area contributed by atoms with E-state index in [2.05, 4.69) is 33.2 Å². The summed E-state index contributed by atoms with van der Waals surface area (Å²) < 4.78 is 1.13. The number of nitrogens with one attached hydrogen (secondary N) is 2. The molecular formula is C19H18IN3O2S. The van der Waals surface area contributed by atoms with Gasteiger partial charge in [-0.1, -0.05) is 36.4 Å². The Morgan fingerprint density at radius 3 is 2.46 bits per heavy atom. The van der Waals surface area contributed by atoms with Crippen molar-refractivity contribution in [2.45, 2.75) is 11.0 Å². The lowest BCUT2D eigenvalue weighted by Crippen LogP contribution is -2.41. The van der Waals surface area contributed by atoms with Crippen LogP contribution in [0.3, 0.4) is 0 Å². The topological polar surface area (TPSA) is 82.0 Å². The number of nitrogens with zero attached hydrogens (tertiary/aromatic N) is 1. The van der Waals surface area contributed by atoms with Gasteiger partial charge in [0, 0.05) is 21.4 Å². The quantitative estimate of drug-likeness (QED) is 0.451. The minimum absolute atomic E-state index is 0.0502. The minimum Gasteiger partial charge on any atom is -0.350 e. The number of rotatable bonds is 8. The van der Waals surface area contributed by atoms with E-state index in [1.54, 1.807) is 24.3 Å². The molecule has 2 rings (SSSR count). The van der Waals surface area contributed by atoms with E-state index in [1.807, 2.05) is 36.4 Å². The molecule has 1 unspecified atom stereocenters. The van der Waals surface area contributed by atoms with Crippen LogP contribution in [0.2, 0.25) is 0 Å². The number of nitriles is 1. The Morgan fingerprint density at radius 2 is 1.77 bits per heavy atom. The maximum atomic E-state index is 12.3. The summed E-state index contributed by atoms with van der Waals surface area (Å²) in [5, 5.41) is 13.6. The molecule has 5 nitrogen and oxygen atoms in total. The lowest BCUT2D eigenvalue weighted by Gasteiger charge is -2.17. The molecule has 7 heteroatoms. The highest BCUT2D eigenvalue weighted by Gasteiger charge is 2.20. The fourth-order valence-electron chi connectivity index (χ4n) is 2.15. The van der Waals surface area contributed by atoms with Gasteiger partial charge < -0.3 is 10.6 Å². The van der Waals surface area contributed by atoms with Crippen molar-refractivity contribution in [1.82, 2.24) is 10.6 Å². The molecule has 0 aliphatic carbocycles. The number of benzene rings is 2. The van der Waals surface area contributed by atoms with Gasteiger partial charge >= 0.3 is 0 Å². The van der Waals surface area contributed by atoms with E-state index in [-0.39, 0.29) is 24.9 Å². The van der Waals surface area contributed by atoms with Crippen molar-refractivity contribution in [2.24, 2.45) is 0 Å². The van der Waals surface area contributed by atoms with Crippen LogP contribution in [-0.4, -0.2) is 30.2 Å². The first-order chi connectivity index (χ1) is 12.6. The smallest absolute Gasteiger partial charge is 0.251 e. The Balaban J connectivity index is 1.99. The number of halogens is 1. The Morgan fingerprint density at radius 1 is 1.08 bits per heavy atom. The van der Waals surface area contributed by atoms with Crippen molar-refractivity contribution in [1.29, 1.82) is 5.26 Å². The first kappa shape index (κ1) is 20.3. The minimum atomic E-state index is -0.480. The molecule has 2 amide bonds. The van der Waals surface area contributed by atoms with E-state index in [1.165, 1.54) is 11.8 Å². The zero-order valence-corrected chi connectivity index (χ0v) is 16.9. The Kier molecular flexibility index (Phi) is 8.44. The van der Waals surface area contributed by atoms with Crippen molar-refractivity contribution < 1.29 is 9.59 Å². The second kappa shape index (κ2) is 10.8. The second-order valence-electron chi connectivity index (χ2n) is 5.34. The summed E-state index contributed by atoms with van der Waals surface area (Å²) in [6, 6.07) is 18.7. The standard InChI is InChI=1S/C19H18IN3O2S/c20-16-9-5-4-8-15(16)13-26-17(19(25)22-11-10-21)12-23-18(24)14-6-2-1-3-7-14/h1-9,17H,11-13H2,(H,22,25)(H,23,24). The molecule has 0 spiro atoms. The van der Waals surface area contributed by atoms with Crippen LogP contribution in [-0.2, 0) is 10.5 Å². The molecule has 2 N–H and O–H groups in total. The van der Waals surface area contributed by atoms with Crippen molar-refractivity contribution >= 4 is 46.2 Å². The summed E-state index contributed by atoms with van der Waals surface area (Å²) in [4.78, 5) is 24.5. The lowest BCUT2D eigenvalue weighted by atomic mass is 10.2. The number of carbonyl (C=O) groups is 2. The van der Waals surface area contributed by atoms with Crippen LogP contribution in [0.1, 0.15) is 15.9 Å². The van der Waals surface area contributed by atoms with Gasteiger partial charge in [-0.2, -0.15) is 5.26 Å². The summed E-state index contributed by atoms with van der Waals surface area (Å²) in [6.07, 6.45) is 0. The Hall–Kier alpha value is -2.05. The largest absolute Gasteiger partial charge is 0.350 e. The average Bonchev–Trinajstić information content (AvgIpc) is 2.67. The SMILES string of the molecule is N#CCNC(=O)C(CNC(=O)c1ccccc1)SCc1ccccc1I. The van der Waals surface area contributed by atoms with Crippen LogP contribution in [0.15, 0.2) is 54.6 Å². The van der Waals surface area contributed by atoms with Gasteiger partial charge in [-0.15, -0.1) is 11.8 Å². The summed E-state index contributed by atoms with van der Waals surface area (Å²) in [7, 11) is 0. The predicted molar refractivity (Wildman–Crippen MR) is 112 cm³/mol. The highest BCUT2D eigenvalue weighted by molar-refractivity contribution is 14.1. The molecular weight excluding hydrogens is 461 g/mol. The highest BCUT2D eigenvalue weighted by Crippen LogP contribution is 2.22. The van der Waals surface area contributed by atoms with Crippen molar-refractivity contribution in [3.8, 4) is 6.07 Å². The molecule has 134 valence electrons. The molecule has 2 aromatic carbocycles. The van der Waals surface area contributed by atoms with Gasteiger partial charge in [0.05, 0.1) is 6.07 Å². The summed E-state index contributed by atoms with van der Waals surface area (Å²) in [6.45, 7) is 0.143. The third-order valence-electron chi connectivity index (χ3n) is 3.52. The van der Waals surface area contributed by atoms with E-state index in [0.717, 1.165) is 9.13 Å². The number of hydrogen-bond donors (Lipinski definition) is 2. The molecule has 2 aromatic rings. The molecule has 0 aromatic heterocycles. The average molecular weight is 479 g/mol. The van der Waals surface area contributed by atoms with Crippen LogP contribution in [0.5, 0.6) is 0 Å². The third-order valence-corrected chi connectivity index (χ3v) is 5.83. The molecule has 0 fully saturated rings. The summed E-state index contributed by atoms with van der Waals surface area (Å²) >= 11 is 3.70. The molecule has 0 aliphatic heterocycles. The van der Waals surface area contributed by atoms with Crippen LogP contribution in [0.4, 0.5) is 0 Å². The van der Waals surface area contributed by atoms with Gasteiger partial charge in [0.1, 0.15) is 11.8 Å². The zero-order valence-electron chi connectivity index (χ0n) is 13.9. The fraction of sp³-hybridized carbons (Fsp3) is 0.211. The first-order valence-corrected chi connectivity index (χ1v) is 10.1. The third kappa shape index (κ3) is 6.35. The monoisotopic (exact) mass is 479 g/mol. The van der Waals surface area contributed by atoms with Crippen LogP contribution in [0, 0.1) is 14.9 Å². The molecule has 1 atom stereocenters. The van der Waals surface area contributed by atoms with Gasteiger partial charge in [0.2, 0.25) is 5.91 Å². The van der Waals surface area contributed by atoms with E-state index in [0.29, 0.717) is 11.3 Å². The maximum absolute atomic E-state index is 12.3. The van der Waals surface area contributed by atoms with E-state index < -0.39 is 5.25 Å². The van der Waals surface area contributed by atoms with E-state index in [9.17, 15) is 9.59 Å². The maximum Gasteiger partial charge on any atom is 0.251 e. The first-order valence-electron chi connectivity index (χ1n) is 7.94. The number of thioether (sulfide) groups is 1. The molecule has 0 saturated carbocycles. The van der Waals surface area contributed by atoms with E-state index >= 15 is 0 Å². The second-order valence-corrected chi connectivity index (χ2v) is 7.70. The highest BCUT2D eigenvalue weighted by atomic mass is 127. The van der Waals surface area contributed by atoms with Gasteiger partial charge in [-0.05, 0) is 46.4 Å². The molecule has 0 saturated heterocycles. The van der Waals surface area contributed by atoms with Gasteiger partial charge in [-0.3, -0.25) is 9.59 Å². The zero-order chi connectivity index (χ0) is 18.8. The number of carbonyl (C=O) groups excluding carboxylic acids is 2. The Labute approximate surface area is 170 Å². The predicted octanol–water partition coefficient (Wildman–Crippen LogP) is 2.96. The fourth-order valence-corrected chi connectivity index (χ4v) is 4.06. The molecule has 0 radical (unpaired) electrons. The van der Waals surface area contributed by atoms with Crippen molar-refractivity contribution in [3.05, 3.63) is 69.3 Å². The summed E-state index contributed by atoms with van der Waals surface area (Å²) in [5.74, 6) is 0.166. The normalized spacial score (nSPS) is 11.2. The van der Waals surface area contributed by atoms with Crippen molar-refractivity contribution in [2.75, 3.05) is 13.1 Å². The van der Waals surface area contributed by atoms with Crippen molar-refractivity contribution in [3.63, 3.8) is 0 Å². The van der Waals surface area contributed by atoms with E-state index in [4.69, 9.17) is 5.26 Å². The van der Waals surface area contributed by atoms with Gasteiger partial charge in [-0.25, -0.2) is 0 Å². The van der Waals surface area contributed by atoms with Crippen LogP contribution in [0.25, 0.3) is 0 Å². The van der Waals surface area contributed by atoms with Crippen LogP contribution < -0.4 is 10.6 Å². The Bertz CT molecular complexity index is 793. The molecule has 0 aliphatic rings. The number of amides is 2.